The summed E-state index contributed by atoms with van der Waals surface area (Å²) in [4.78, 5) is 0. The molecule has 0 N–H and O–H groups in total. The van der Waals surface area contributed by atoms with E-state index in [0.29, 0.717) is 0 Å². The predicted molar refractivity (Wildman–Crippen MR) is 108 cm³/mol. The van der Waals surface area contributed by atoms with Crippen molar-refractivity contribution in [3.8, 4) is 0 Å². The van der Waals surface area contributed by atoms with Gasteiger partial charge in [0.2, 0.25) is 0 Å². The van der Waals surface area contributed by atoms with Gasteiger partial charge in [0.1, 0.15) is 0 Å². The maximum absolute atomic E-state index is 7.03. The second-order valence-corrected chi connectivity index (χ2v) is 12.8. The Balaban J connectivity index is 1.74. The van der Waals surface area contributed by atoms with Crippen molar-refractivity contribution < 1.29 is 4.43 Å². The van der Waals surface area contributed by atoms with Gasteiger partial charge in [-0.25, -0.2) is 0 Å². The minimum Gasteiger partial charge on any atom is -0.407 e. The Morgan fingerprint density at radius 3 is 1.92 bits per heavy atom. The lowest BCUT2D eigenvalue weighted by Crippen LogP contribution is -2.66. The van der Waals surface area contributed by atoms with Gasteiger partial charge in [-0.3, -0.25) is 0 Å². The molecule has 25 heavy (non-hydrogen) atoms. The number of hydrogen-bond donors (Lipinski definition) is 0. The first kappa shape index (κ1) is 16.8. The second kappa shape index (κ2) is 6.26. The van der Waals surface area contributed by atoms with Crippen LogP contribution in [0.2, 0.25) is 5.04 Å². The fourth-order valence-corrected chi connectivity index (χ4v) is 9.30. The summed E-state index contributed by atoms with van der Waals surface area (Å²) < 4.78 is 7.03. The highest BCUT2D eigenvalue weighted by atomic mass is 28.4. The molecule has 0 amide bonds. The lowest BCUT2D eigenvalue weighted by molar-refractivity contribution is 0.270. The standard InChI is InChI=1S/C23H28OSi/c1-23(2,3)25(18-11-6-4-7-12-18,19-13-8-5-9-14-19)24-17-22-20-15-10-16-21(20)22/h4-15,20-22H,16-17H2,1-3H3/t20-,21+,22+/m0/s1. The van der Waals surface area contributed by atoms with Crippen molar-refractivity contribution in [2.24, 2.45) is 17.8 Å². The third-order valence-electron chi connectivity index (χ3n) is 6.07. The second-order valence-electron chi connectivity index (χ2n) is 8.54. The Morgan fingerprint density at radius 2 is 1.48 bits per heavy atom. The third kappa shape index (κ3) is 2.82. The monoisotopic (exact) mass is 348 g/mol. The van der Waals surface area contributed by atoms with Crippen LogP contribution in [0.25, 0.3) is 0 Å². The molecule has 2 aromatic rings. The van der Waals surface area contributed by atoms with Crippen LogP contribution < -0.4 is 10.4 Å². The lowest BCUT2D eigenvalue weighted by atomic mass is 10.2. The largest absolute Gasteiger partial charge is 0.407 e. The molecule has 1 fully saturated rings. The predicted octanol–water partition coefficient (Wildman–Crippen LogP) is 4.39. The number of fused-ring (bicyclic) bond motifs is 1. The first-order valence-electron chi connectivity index (χ1n) is 9.46. The molecule has 0 aromatic heterocycles. The molecule has 0 aliphatic heterocycles. The normalized spacial score (nSPS) is 25.0. The number of hydrogen-bond acceptors (Lipinski definition) is 1. The van der Waals surface area contributed by atoms with Crippen LogP contribution in [-0.4, -0.2) is 14.9 Å². The molecule has 0 saturated heterocycles. The van der Waals surface area contributed by atoms with Gasteiger partial charge < -0.3 is 4.43 Å². The molecule has 2 aromatic carbocycles. The fraction of sp³-hybridized carbons (Fsp3) is 0.391. The highest BCUT2D eigenvalue weighted by Gasteiger charge is 2.54. The highest BCUT2D eigenvalue weighted by Crippen LogP contribution is 2.54. The van der Waals surface area contributed by atoms with Crippen molar-refractivity contribution in [2.45, 2.75) is 32.2 Å². The van der Waals surface area contributed by atoms with Crippen molar-refractivity contribution in [3.63, 3.8) is 0 Å². The molecule has 2 aliphatic rings. The van der Waals surface area contributed by atoms with E-state index in [4.69, 9.17) is 4.43 Å². The Hall–Kier alpha value is -1.64. The fourth-order valence-electron chi connectivity index (χ4n) is 4.70. The maximum Gasteiger partial charge on any atom is 0.261 e. The molecule has 130 valence electrons. The maximum atomic E-state index is 7.03. The van der Waals surface area contributed by atoms with E-state index in [2.05, 4.69) is 93.6 Å². The Labute approximate surface area is 152 Å². The molecule has 0 heterocycles. The highest BCUT2D eigenvalue weighted by molar-refractivity contribution is 6.99. The quantitative estimate of drug-likeness (QED) is 0.575. The van der Waals surface area contributed by atoms with Crippen LogP contribution in [-0.2, 0) is 4.43 Å². The third-order valence-corrected chi connectivity index (χ3v) is 11.1. The average molecular weight is 349 g/mol. The van der Waals surface area contributed by atoms with Gasteiger partial charge in [0.25, 0.3) is 8.32 Å². The van der Waals surface area contributed by atoms with E-state index in [1.54, 1.807) is 0 Å². The summed E-state index contributed by atoms with van der Waals surface area (Å²) in [7, 11) is -2.34. The zero-order chi connectivity index (χ0) is 17.5. The Kier molecular flexibility index (Phi) is 4.21. The Morgan fingerprint density at radius 1 is 0.920 bits per heavy atom. The van der Waals surface area contributed by atoms with Crippen molar-refractivity contribution >= 4 is 18.7 Å². The van der Waals surface area contributed by atoms with Crippen molar-refractivity contribution in [2.75, 3.05) is 6.61 Å². The molecular weight excluding hydrogens is 320 g/mol. The van der Waals surface area contributed by atoms with Crippen LogP contribution in [0, 0.1) is 17.8 Å². The molecule has 0 spiro atoms. The van der Waals surface area contributed by atoms with Crippen LogP contribution in [0.15, 0.2) is 72.8 Å². The molecule has 4 rings (SSSR count). The van der Waals surface area contributed by atoms with Gasteiger partial charge >= 0.3 is 0 Å². The van der Waals surface area contributed by atoms with Crippen LogP contribution in [0.5, 0.6) is 0 Å². The van der Waals surface area contributed by atoms with Crippen molar-refractivity contribution in [1.82, 2.24) is 0 Å². The zero-order valence-corrected chi connectivity index (χ0v) is 16.5. The van der Waals surface area contributed by atoms with E-state index in [9.17, 15) is 0 Å². The van der Waals surface area contributed by atoms with E-state index in [0.717, 1.165) is 24.4 Å². The van der Waals surface area contributed by atoms with E-state index in [1.165, 1.54) is 16.8 Å². The van der Waals surface area contributed by atoms with Crippen molar-refractivity contribution in [1.29, 1.82) is 0 Å². The summed E-state index contributed by atoms with van der Waals surface area (Å²) in [6, 6.07) is 21.9. The summed E-state index contributed by atoms with van der Waals surface area (Å²) >= 11 is 0. The SMILES string of the molecule is CC(C)(C)[Si](OC[C@@H]1[C@H]2C=CC[C@H]21)(c1ccccc1)c1ccccc1. The summed E-state index contributed by atoms with van der Waals surface area (Å²) in [5.41, 5.74) is 0. The van der Waals surface area contributed by atoms with Crippen molar-refractivity contribution in [3.05, 3.63) is 72.8 Å². The lowest BCUT2D eigenvalue weighted by Gasteiger charge is -2.43. The summed E-state index contributed by atoms with van der Waals surface area (Å²) in [5.74, 6) is 2.35. The molecule has 2 aliphatic carbocycles. The molecule has 3 atom stereocenters. The molecule has 2 heteroatoms. The van der Waals surface area contributed by atoms with Gasteiger partial charge in [0.15, 0.2) is 0 Å². The van der Waals surface area contributed by atoms with Crippen LogP contribution >= 0.6 is 0 Å². The van der Waals surface area contributed by atoms with Gasteiger partial charge in [-0.15, -0.1) is 0 Å². The summed E-state index contributed by atoms with van der Waals surface area (Å²) in [6.45, 7) is 7.96. The van der Waals surface area contributed by atoms with E-state index in [1.807, 2.05) is 0 Å². The van der Waals surface area contributed by atoms with Gasteiger partial charge in [0, 0.05) is 6.61 Å². The number of allylic oxidation sites excluding steroid dienone is 2. The minimum absolute atomic E-state index is 0.0789. The molecule has 1 nitrogen and oxygen atoms in total. The van der Waals surface area contributed by atoms with E-state index >= 15 is 0 Å². The average Bonchev–Trinajstić information content (AvgIpc) is 3.04. The number of benzene rings is 2. The first-order chi connectivity index (χ1) is 12.0. The Bertz CT molecular complexity index is 705. The smallest absolute Gasteiger partial charge is 0.261 e. The molecule has 0 bridgehead atoms. The van der Waals surface area contributed by atoms with E-state index in [-0.39, 0.29) is 5.04 Å². The topological polar surface area (TPSA) is 9.23 Å². The molecular formula is C23H28OSi. The van der Waals surface area contributed by atoms with Gasteiger partial charge in [0.05, 0.1) is 0 Å². The molecule has 0 unspecified atom stereocenters. The van der Waals surface area contributed by atoms with Gasteiger partial charge in [-0.05, 0) is 39.6 Å². The summed E-state index contributed by atoms with van der Waals surface area (Å²) in [6.07, 6.45) is 6.00. The molecule has 0 radical (unpaired) electrons. The van der Waals surface area contributed by atoms with Gasteiger partial charge in [-0.1, -0.05) is 93.6 Å². The first-order valence-corrected chi connectivity index (χ1v) is 11.4. The summed E-state index contributed by atoms with van der Waals surface area (Å²) in [5, 5.41) is 2.85. The minimum atomic E-state index is -2.34. The number of rotatable bonds is 5. The van der Waals surface area contributed by atoms with E-state index < -0.39 is 8.32 Å². The molecule has 1 saturated carbocycles. The zero-order valence-electron chi connectivity index (χ0n) is 15.5. The van der Waals surface area contributed by atoms with Crippen LogP contribution in [0.1, 0.15) is 27.2 Å². The van der Waals surface area contributed by atoms with Crippen LogP contribution in [0.4, 0.5) is 0 Å². The van der Waals surface area contributed by atoms with Crippen LogP contribution in [0.3, 0.4) is 0 Å². The van der Waals surface area contributed by atoms with Gasteiger partial charge in [-0.2, -0.15) is 0 Å².